The summed E-state index contributed by atoms with van der Waals surface area (Å²) in [6, 6.07) is 9.63. The van der Waals surface area contributed by atoms with E-state index in [1.165, 1.54) is 0 Å². The van der Waals surface area contributed by atoms with Crippen molar-refractivity contribution in [3.8, 4) is 0 Å². The molecule has 0 spiro atoms. The number of nitrogens with zero attached hydrogens (tertiary/aromatic N) is 4. The summed E-state index contributed by atoms with van der Waals surface area (Å²) in [5.41, 5.74) is 4.40. The summed E-state index contributed by atoms with van der Waals surface area (Å²) >= 11 is 6.20. The molecule has 0 aliphatic rings. The van der Waals surface area contributed by atoms with Crippen molar-refractivity contribution in [3.05, 3.63) is 64.5 Å². The fourth-order valence-corrected chi connectivity index (χ4v) is 2.33. The van der Waals surface area contributed by atoms with Gasteiger partial charge in [0.2, 0.25) is 11.0 Å². The van der Waals surface area contributed by atoms with E-state index in [0.29, 0.717) is 17.5 Å². The first-order valence-corrected chi connectivity index (χ1v) is 6.50. The molecule has 0 fully saturated rings. The van der Waals surface area contributed by atoms with Crippen molar-refractivity contribution in [2.75, 3.05) is 0 Å². The third kappa shape index (κ3) is 2.24. The number of benzene rings is 1. The van der Waals surface area contributed by atoms with Crippen LogP contribution in [0.25, 0.3) is 15.9 Å². The second-order valence-electron chi connectivity index (χ2n) is 4.58. The number of aryl methyl sites for hydroxylation is 1. The smallest absolute Gasteiger partial charge is 0.205 e. The van der Waals surface area contributed by atoms with E-state index in [1.807, 2.05) is 29.7 Å². The number of hydrogen-bond donors (Lipinski definition) is 0. The summed E-state index contributed by atoms with van der Waals surface area (Å²) in [6.45, 7) is 9.50. The highest BCUT2D eigenvalue weighted by atomic mass is 35.5. The van der Waals surface area contributed by atoms with E-state index < -0.39 is 0 Å². The topological polar surface area (TPSA) is 35.1 Å². The van der Waals surface area contributed by atoms with Gasteiger partial charge in [-0.3, -0.25) is 4.98 Å². The van der Waals surface area contributed by atoms with Crippen LogP contribution in [-0.2, 0) is 6.54 Å². The van der Waals surface area contributed by atoms with Crippen LogP contribution in [0.5, 0.6) is 0 Å². The Morgan fingerprint density at radius 3 is 2.85 bits per heavy atom. The molecule has 4 nitrogen and oxygen atoms in total. The van der Waals surface area contributed by atoms with Gasteiger partial charge in [0.15, 0.2) is 0 Å². The van der Waals surface area contributed by atoms with Gasteiger partial charge in [-0.05, 0) is 42.3 Å². The van der Waals surface area contributed by atoms with E-state index in [-0.39, 0.29) is 0 Å². The molecule has 0 saturated carbocycles. The minimum absolute atomic E-state index is 0.446. The first-order chi connectivity index (χ1) is 9.67. The highest BCUT2D eigenvalue weighted by Crippen LogP contribution is 2.22. The molecule has 0 amide bonds. The summed E-state index contributed by atoms with van der Waals surface area (Å²) in [6.07, 6.45) is 1.57. The van der Waals surface area contributed by atoms with Crippen LogP contribution in [0, 0.1) is 13.5 Å². The zero-order valence-electron chi connectivity index (χ0n) is 10.8. The van der Waals surface area contributed by atoms with Gasteiger partial charge in [-0.2, -0.15) is 0 Å². The molecule has 1 aromatic carbocycles. The predicted octanol–water partition coefficient (Wildman–Crippen LogP) is 3.99. The van der Waals surface area contributed by atoms with Crippen molar-refractivity contribution < 1.29 is 0 Å². The summed E-state index contributed by atoms with van der Waals surface area (Å²) in [5, 5.41) is 0.446. The number of pyridine rings is 1. The van der Waals surface area contributed by atoms with Gasteiger partial charge in [-0.1, -0.05) is 12.1 Å². The van der Waals surface area contributed by atoms with Crippen LogP contribution in [0.15, 0.2) is 36.5 Å². The molecule has 5 heteroatoms. The molecule has 0 aliphatic heterocycles. The summed E-state index contributed by atoms with van der Waals surface area (Å²) < 4.78 is 1.92. The molecule has 0 saturated heterocycles. The third-order valence-corrected chi connectivity index (χ3v) is 3.40. The highest BCUT2D eigenvalue weighted by Gasteiger charge is 2.10. The molecule has 2 aromatic heterocycles. The van der Waals surface area contributed by atoms with Crippen molar-refractivity contribution in [3.63, 3.8) is 0 Å². The Morgan fingerprint density at radius 2 is 2.15 bits per heavy atom. The normalized spacial score (nSPS) is 10.7. The Labute approximate surface area is 121 Å². The van der Waals surface area contributed by atoms with E-state index in [2.05, 4.69) is 20.9 Å². The van der Waals surface area contributed by atoms with Crippen molar-refractivity contribution in [2.24, 2.45) is 0 Å². The number of imidazole rings is 1. The number of hydrogen-bond acceptors (Lipinski definition) is 2. The molecule has 2 heterocycles. The van der Waals surface area contributed by atoms with Gasteiger partial charge in [-0.25, -0.2) is 9.83 Å². The lowest BCUT2D eigenvalue weighted by Gasteiger charge is -2.06. The Morgan fingerprint density at radius 1 is 1.30 bits per heavy atom. The fourth-order valence-electron chi connectivity index (χ4n) is 2.09. The Hall–Kier alpha value is -2.38. The van der Waals surface area contributed by atoms with Crippen LogP contribution < -0.4 is 0 Å². The molecule has 0 bridgehead atoms. The second-order valence-corrected chi connectivity index (χ2v) is 4.92. The van der Waals surface area contributed by atoms with E-state index >= 15 is 0 Å². The molecule has 3 aromatic rings. The van der Waals surface area contributed by atoms with Gasteiger partial charge in [0.05, 0.1) is 29.8 Å². The van der Waals surface area contributed by atoms with Gasteiger partial charge in [0, 0.05) is 6.20 Å². The third-order valence-electron chi connectivity index (χ3n) is 3.12. The fraction of sp³-hybridized carbons (Fsp3) is 0.133. The predicted molar refractivity (Wildman–Crippen MR) is 79.1 cm³/mol. The lowest BCUT2D eigenvalue weighted by molar-refractivity contribution is 0.798. The summed E-state index contributed by atoms with van der Waals surface area (Å²) in [5.74, 6) is 0. The van der Waals surface area contributed by atoms with E-state index in [9.17, 15) is 0 Å². The van der Waals surface area contributed by atoms with Crippen molar-refractivity contribution in [2.45, 2.75) is 13.5 Å². The molecule has 20 heavy (non-hydrogen) atoms. The Bertz CT molecular complexity index is 812. The van der Waals surface area contributed by atoms with E-state index in [4.69, 9.17) is 18.2 Å². The Balaban J connectivity index is 2.03. The number of fused-ring (bicyclic) bond motifs is 1. The summed E-state index contributed by atoms with van der Waals surface area (Å²) in [7, 11) is 0. The maximum absolute atomic E-state index is 6.92. The average Bonchev–Trinajstić information content (AvgIpc) is 2.76. The molecular weight excluding hydrogens is 272 g/mol. The van der Waals surface area contributed by atoms with Crippen LogP contribution in [0.4, 0.5) is 5.69 Å². The largest absolute Gasteiger partial charge is 0.309 e. The monoisotopic (exact) mass is 282 g/mol. The number of halogens is 1. The van der Waals surface area contributed by atoms with Gasteiger partial charge < -0.3 is 4.57 Å². The molecule has 3 rings (SSSR count). The van der Waals surface area contributed by atoms with Crippen molar-refractivity contribution >= 4 is 28.3 Å². The van der Waals surface area contributed by atoms with Crippen LogP contribution >= 0.6 is 11.6 Å². The standard InChI is InChI=1S/C15H11ClN4/c1-10-3-6-13-14(7-10)20(15(16)19-13)9-12-5-4-11(17-2)8-18-12/h3-8H,9H2,1H3. The maximum Gasteiger partial charge on any atom is 0.205 e. The average molecular weight is 283 g/mol. The van der Waals surface area contributed by atoms with Gasteiger partial charge in [0.1, 0.15) is 0 Å². The van der Waals surface area contributed by atoms with E-state index in [0.717, 1.165) is 22.3 Å². The lowest BCUT2D eigenvalue weighted by Crippen LogP contribution is -2.01. The van der Waals surface area contributed by atoms with Crippen molar-refractivity contribution in [1.29, 1.82) is 0 Å². The first kappa shape index (κ1) is 12.6. The minimum atomic E-state index is 0.446. The zero-order valence-corrected chi connectivity index (χ0v) is 11.6. The second kappa shape index (κ2) is 4.95. The first-order valence-electron chi connectivity index (χ1n) is 6.12. The number of aromatic nitrogens is 3. The Kier molecular flexibility index (Phi) is 3.13. The lowest BCUT2D eigenvalue weighted by atomic mass is 10.2. The molecule has 0 atom stereocenters. The quantitative estimate of drug-likeness (QED) is 0.666. The van der Waals surface area contributed by atoms with E-state index in [1.54, 1.807) is 12.3 Å². The minimum Gasteiger partial charge on any atom is -0.309 e. The van der Waals surface area contributed by atoms with Crippen LogP contribution in [-0.4, -0.2) is 14.5 Å². The van der Waals surface area contributed by atoms with Gasteiger partial charge >= 0.3 is 0 Å². The molecule has 0 aliphatic carbocycles. The van der Waals surface area contributed by atoms with Crippen LogP contribution in [0.1, 0.15) is 11.3 Å². The highest BCUT2D eigenvalue weighted by molar-refractivity contribution is 6.29. The number of rotatable bonds is 2. The summed E-state index contributed by atoms with van der Waals surface area (Å²) in [4.78, 5) is 11.9. The molecule has 98 valence electrons. The molecule has 0 unspecified atom stereocenters. The SMILES string of the molecule is [C-]#[N+]c1ccc(Cn2c(Cl)nc3ccc(C)cc32)nc1. The van der Waals surface area contributed by atoms with Crippen LogP contribution in [0.3, 0.4) is 0 Å². The maximum atomic E-state index is 6.92. The van der Waals surface area contributed by atoms with Crippen molar-refractivity contribution in [1.82, 2.24) is 14.5 Å². The molecule has 0 radical (unpaired) electrons. The van der Waals surface area contributed by atoms with Gasteiger partial charge in [0.25, 0.3) is 0 Å². The molecular formula is C15H11ClN4. The molecule has 0 N–H and O–H groups in total. The van der Waals surface area contributed by atoms with Gasteiger partial charge in [-0.15, -0.1) is 0 Å². The van der Waals surface area contributed by atoms with Crippen LogP contribution in [0.2, 0.25) is 5.28 Å². The zero-order chi connectivity index (χ0) is 14.1.